The second-order valence-corrected chi connectivity index (χ2v) is 17.6. The lowest BCUT2D eigenvalue weighted by molar-refractivity contribution is -0.151. The topological polar surface area (TPSA) is 95.9 Å². The van der Waals surface area contributed by atoms with Crippen LogP contribution in [0.5, 0.6) is 0 Å². The fourth-order valence-corrected chi connectivity index (χ4v) is 7.79. The first kappa shape index (κ1) is 57.1. The van der Waals surface area contributed by atoms with E-state index in [9.17, 15) is 19.8 Å². The molecule has 0 aliphatic carbocycles. The van der Waals surface area contributed by atoms with E-state index in [0.29, 0.717) is 19.3 Å². The highest BCUT2D eigenvalue weighted by Crippen LogP contribution is 2.18. The minimum absolute atomic E-state index is 0.0662. The average Bonchev–Trinajstić information content (AvgIpc) is 3.23. The summed E-state index contributed by atoms with van der Waals surface area (Å²) < 4.78 is 5.92. The Morgan fingerprint density at radius 1 is 0.492 bits per heavy atom. The van der Waals surface area contributed by atoms with Crippen LogP contribution in [0.2, 0.25) is 0 Å². The number of aliphatic hydroxyl groups excluding tert-OH is 2. The number of carbonyl (C=O) groups is 2. The monoisotopic (exact) mass is 830 g/mol. The normalized spacial score (nSPS) is 13.5. The van der Waals surface area contributed by atoms with E-state index in [-0.39, 0.29) is 24.9 Å². The molecule has 0 spiro atoms. The van der Waals surface area contributed by atoms with Gasteiger partial charge in [0, 0.05) is 6.42 Å². The van der Waals surface area contributed by atoms with Crippen molar-refractivity contribution in [3.05, 3.63) is 36.5 Å². The van der Waals surface area contributed by atoms with Gasteiger partial charge in [0.2, 0.25) is 5.91 Å². The lowest BCUT2D eigenvalue weighted by Gasteiger charge is -2.24. The lowest BCUT2D eigenvalue weighted by atomic mass is 10.0. The largest absolute Gasteiger partial charge is 0.462 e. The summed E-state index contributed by atoms with van der Waals surface area (Å²) in [4.78, 5) is 26.1. The molecule has 346 valence electrons. The third kappa shape index (κ3) is 42.6. The van der Waals surface area contributed by atoms with Crippen LogP contribution in [0.25, 0.3) is 0 Å². The first-order chi connectivity index (χ1) is 29.0. The molecule has 0 aromatic rings. The summed E-state index contributed by atoms with van der Waals surface area (Å²) in [7, 11) is 0. The Kier molecular flexibility index (Phi) is 45.6. The number of nitrogens with one attached hydrogen (secondary N) is 1. The SMILES string of the molecule is CCCCC/C=C\C/C=C\C/C=C\CCCCCCC(CC(=O)NC(CO)C(O)CCCCCCCCCCCCC)OC(=O)CCCCCCCCCCCCCC. The van der Waals surface area contributed by atoms with Crippen molar-refractivity contribution in [1.82, 2.24) is 5.32 Å². The molecule has 0 fully saturated rings. The number of allylic oxidation sites excluding steroid dienone is 6. The van der Waals surface area contributed by atoms with Gasteiger partial charge in [-0.25, -0.2) is 0 Å². The van der Waals surface area contributed by atoms with Crippen LogP contribution in [0, 0.1) is 0 Å². The summed E-state index contributed by atoms with van der Waals surface area (Å²) >= 11 is 0. The van der Waals surface area contributed by atoms with E-state index in [4.69, 9.17) is 4.74 Å². The minimum atomic E-state index is -0.790. The molecule has 0 aliphatic rings. The molecule has 0 aromatic heterocycles. The molecule has 59 heavy (non-hydrogen) atoms. The van der Waals surface area contributed by atoms with Crippen LogP contribution in [0.1, 0.15) is 265 Å². The Labute approximate surface area is 366 Å². The van der Waals surface area contributed by atoms with Crippen LogP contribution < -0.4 is 5.32 Å². The Morgan fingerprint density at radius 3 is 1.34 bits per heavy atom. The fourth-order valence-electron chi connectivity index (χ4n) is 7.79. The molecule has 0 heterocycles. The molecule has 6 heteroatoms. The van der Waals surface area contributed by atoms with Crippen molar-refractivity contribution < 1.29 is 24.5 Å². The number of aliphatic hydroxyl groups is 2. The lowest BCUT2D eigenvalue weighted by Crippen LogP contribution is -2.46. The van der Waals surface area contributed by atoms with Crippen molar-refractivity contribution in [2.45, 2.75) is 283 Å². The first-order valence-electron chi connectivity index (χ1n) is 25.7. The molecular formula is C53H99NO5. The third-order valence-electron chi connectivity index (χ3n) is 11.7. The molecular weight excluding hydrogens is 731 g/mol. The fraction of sp³-hybridized carbons (Fsp3) is 0.849. The number of amides is 1. The van der Waals surface area contributed by atoms with E-state index < -0.39 is 18.2 Å². The van der Waals surface area contributed by atoms with Crippen molar-refractivity contribution in [2.24, 2.45) is 0 Å². The van der Waals surface area contributed by atoms with Crippen molar-refractivity contribution in [3.8, 4) is 0 Å². The second kappa shape index (κ2) is 47.1. The summed E-state index contributed by atoms with van der Waals surface area (Å²) in [5, 5.41) is 23.7. The molecule has 3 atom stereocenters. The highest BCUT2D eigenvalue weighted by atomic mass is 16.5. The highest BCUT2D eigenvalue weighted by molar-refractivity contribution is 5.77. The first-order valence-corrected chi connectivity index (χ1v) is 25.7. The summed E-state index contributed by atoms with van der Waals surface area (Å²) in [6.45, 7) is 6.45. The predicted molar refractivity (Wildman–Crippen MR) is 255 cm³/mol. The summed E-state index contributed by atoms with van der Waals surface area (Å²) in [5.74, 6) is -0.486. The number of esters is 1. The van der Waals surface area contributed by atoms with E-state index in [0.717, 1.165) is 83.5 Å². The molecule has 0 bridgehead atoms. The smallest absolute Gasteiger partial charge is 0.306 e. The van der Waals surface area contributed by atoms with E-state index >= 15 is 0 Å². The molecule has 0 radical (unpaired) electrons. The zero-order valence-corrected chi connectivity index (χ0v) is 39.4. The highest BCUT2D eigenvalue weighted by Gasteiger charge is 2.24. The quantitative estimate of drug-likeness (QED) is 0.0323. The van der Waals surface area contributed by atoms with E-state index in [1.165, 1.54) is 135 Å². The summed E-state index contributed by atoms with van der Waals surface area (Å²) in [6, 6.07) is -0.705. The predicted octanol–water partition coefficient (Wildman–Crippen LogP) is 15.3. The molecule has 3 N–H and O–H groups in total. The molecule has 3 unspecified atom stereocenters. The Morgan fingerprint density at radius 2 is 0.864 bits per heavy atom. The number of unbranched alkanes of at least 4 members (excludes halogenated alkanes) is 28. The van der Waals surface area contributed by atoms with Gasteiger partial charge in [-0.15, -0.1) is 0 Å². The van der Waals surface area contributed by atoms with Gasteiger partial charge in [-0.2, -0.15) is 0 Å². The van der Waals surface area contributed by atoms with Crippen molar-refractivity contribution in [1.29, 1.82) is 0 Å². The minimum Gasteiger partial charge on any atom is -0.462 e. The van der Waals surface area contributed by atoms with Gasteiger partial charge in [0.1, 0.15) is 6.10 Å². The van der Waals surface area contributed by atoms with Gasteiger partial charge in [-0.3, -0.25) is 9.59 Å². The summed E-state index contributed by atoms with van der Waals surface area (Å²) in [5.41, 5.74) is 0. The Hall–Kier alpha value is -1.92. The van der Waals surface area contributed by atoms with Gasteiger partial charge in [-0.1, -0.05) is 224 Å². The maximum Gasteiger partial charge on any atom is 0.306 e. The third-order valence-corrected chi connectivity index (χ3v) is 11.7. The van der Waals surface area contributed by atoms with Crippen molar-refractivity contribution in [2.75, 3.05) is 6.61 Å². The summed E-state index contributed by atoms with van der Waals surface area (Å²) in [6.07, 6.45) is 54.8. The number of rotatable bonds is 46. The Bertz CT molecular complexity index is 977. The molecule has 0 aromatic carbocycles. The van der Waals surface area contributed by atoms with Gasteiger partial charge in [-0.05, 0) is 64.2 Å². The number of carbonyl (C=O) groups excluding carboxylic acids is 2. The molecule has 1 amide bonds. The zero-order valence-electron chi connectivity index (χ0n) is 39.4. The van der Waals surface area contributed by atoms with E-state index in [2.05, 4.69) is 62.5 Å². The molecule has 0 saturated heterocycles. The van der Waals surface area contributed by atoms with Crippen LogP contribution in [-0.2, 0) is 14.3 Å². The maximum atomic E-state index is 13.2. The molecule has 0 saturated carbocycles. The standard InChI is InChI=1S/C53H99NO5/c1-4-7-10-13-16-19-22-24-25-26-27-28-30-32-35-38-41-44-49(59-53(58)46-43-40-37-34-31-23-20-17-14-11-8-5-2)47-52(57)54-50(48-55)51(56)45-42-39-36-33-29-21-18-15-12-9-6-3/h16,19,24-25,27-28,49-51,55-56H,4-15,17-18,20-23,26,29-48H2,1-3H3,(H,54,57)/b19-16-,25-24-,28-27-. The van der Waals surface area contributed by atoms with Gasteiger partial charge in [0.25, 0.3) is 0 Å². The number of ether oxygens (including phenoxy) is 1. The van der Waals surface area contributed by atoms with Gasteiger partial charge in [0.15, 0.2) is 0 Å². The molecule has 0 aliphatic heterocycles. The van der Waals surface area contributed by atoms with Gasteiger partial charge in [0.05, 0.1) is 25.2 Å². The van der Waals surface area contributed by atoms with Gasteiger partial charge < -0.3 is 20.3 Å². The van der Waals surface area contributed by atoms with Crippen LogP contribution in [0.3, 0.4) is 0 Å². The van der Waals surface area contributed by atoms with Crippen LogP contribution in [0.4, 0.5) is 0 Å². The number of hydrogen-bond donors (Lipinski definition) is 3. The van der Waals surface area contributed by atoms with Crippen LogP contribution in [-0.4, -0.2) is 46.9 Å². The van der Waals surface area contributed by atoms with Gasteiger partial charge >= 0.3 is 5.97 Å². The van der Waals surface area contributed by atoms with E-state index in [1.54, 1.807) is 0 Å². The molecule has 0 rings (SSSR count). The molecule has 6 nitrogen and oxygen atoms in total. The Balaban J connectivity index is 4.62. The zero-order chi connectivity index (χ0) is 43.1. The number of hydrogen-bond acceptors (Lipinski definition) is 5. The van der Waals surface area contributed by atoms with E-state index in [1.807, 2.05) is 0 Å². The van der Waals surface area contributed by atoms with Crippen LogP contribution in [0.15, 0.2) is 36.5 Å². The maximum absolute atomic E-state index is 13.2. The van der Waals surface area contributed by atoms with Crippen LogP contribution >= 0.6 is 0 Å². The second-order valence-electron chi connectivity index (χ2n) is 17.6. The van der Waals surface area contributed by atoms with Crippen molar-refractivity contribution >= 4 is 11.9 Å². The average molecular weight is 830 g/mol. The van der Waals surface area contributed by atoms with Crippen molar-refractivity contribution in [3.63, 3.8) is 0 Å².